The van der Waals surface area contributed by atoms with Crippen LogP contribution in [0.5, 0.6) is 0 Å². The Morgan fingerprint density at radius 1 is 1.38 bits per heavy atom. The summed E-state index contributed by atoms with van der Waals surface area (Å²) in [5, 5.41) is 0. The van der Waals surface area contributed by atoms with Gasteiger partial charge in [-0.05, 0) is 20.3 Å². The van der Waals surface area contributed by atoms with Gasteiger partial charge in [0.1, 0.15) is 0 Å². The third kappa shape index (κ3) is 1.62. The van der Waals surface area contributed by atoms with Gasteiger partial charge in [-0.2, -0.15) is 0 Å². The molecule has 0 aromatic rings. The van der Waals surface area contributed by atoms with Crippen molar-refractivity contribution in [3.8, 4) is 0 Å². The zero-order chi connectivity index (χ0) is 9.42. The molecule has 0 aliphatic carbocycles. The van der Waals surface area contributed by atoms with Crippen molar-refractivity contribution in [3.63, 3.8) is 0 Å². The van der Waals surface area contributed by atoms with E-state index >= 15 is 0 Å². The van der Waals surface area contributed by atoms with Crippen LogP contribution in [0.4, 0.5) is 0 Å². The maximum absolute atomic E-state index is 5.77. The first kappa shape index (κ1) is 9.47. The van der Waals surface area contributed by atoms with E-state index in [2.05, 4.69) is 25.7 Å². The Labute approximate surface area is 81.3 Å². The van der Waals surface area contributed by atoms with Crippen molar-refractivity contribution in [1.29, 1.82) is 0 Å². The summed E-state index contributed by atoms with van der Waals surface area (Å²) >= 11 is 0. The highest BCUT2D eigenvalue weighted by atomic mass is 16.5. The van der Waals surface area contributed by atoms with E-state index in [0.717, 1.165) is 18.4 Å². The summed E-state index contributed by atoms with van der Waals surface area (Å²) < 4.78 is 5.77. The first-order chi connectivity index (χ1) is 6.22. The number of likely N-dealkylation sites (tertiary alicyclic amines) is 1. The normalized spacial score (nSPS) is 40.2. The molecule has 0 spiro atoms. The molecule has 0 N–H and O–H groups in total. The average molecular weight is 183 g/mol. The molecule has 2 heteroatoms. The minimum atomic E-state index is 0.550. The molecule has 2 rings (SSSR count). The Hall–Kier alpha value is -0.0800. The molecular formula is C11H21NO. The largest absolute Gasteiger partial charge is 0.378 e. The van der Waals surface area contributed by atoms with Crippen LogP contribution in [0.25, 0.3) is 0 Å². The summed E-state index contributed by atoms with van der Waals surface area (Å²) in [6, 6.07) is 0.711. The van der Waals surface area contributed by atoms with Crippen LogP contribution in [-0.4, -0.2) is 36.7 Å². The van der Waals surface area contributed by atoms with Gasteiger partial charge in [-0.1, -0.05) is 6.92 Å². The van der Waals surface area contributed by atoms with Gasteiger partial charge in [0, 0.05) is 31.0 Å². The van der Waals surface area contributed by atoms with E-state index in [1.807, 2.05) is 0 Å². The fourth-order valence-corrected chi connectivity index (χ4v) is 2.74. The number of hydrogen-bond donors (Lipinski definition) is 0. The Kier molecular flexibility index (Phi) is 2.61. The van der Waals surface area contributed by atoms with E-state index in [1.54, 1.807) is 0 Å². The van der Waals surface area contributed by atoms with Gasteiger partial charge < -0.3 is 9.64 Å². The predicted octanol–water partition coefficient (Wildman–Crippen LogP) is 1.75. The molecule has 13 heavy (non-hydrogen) atoms. The zero-order valence-electron chi connectivity index (χ0n) is 8.99. The summed E-state index contributed by atoms with van der Waals surface area (Å²) in [6.45, 7) is 10.4. The Morgan fingerprint density at radius 2 is 2.15 bits per heavy atom. The van der Waals surface area contributed by atoms with Gasteiger partial charge in [0.05, 0.1) is 12.7 Å². The lowest BCUT2D eigenvalue weighted by Crippen LogP contribution is -2.31. The van der Waals surface area contributed by atoms with Crippen LogP contribution in [0.3, 0.4) is 0 Å². The Balaban J connectivity index is 1.97. The van der Waals surface area contributed by atoms with Crippen molar-refractivity contribution < 1.29 is 4.74 Å². The van der Waals surface area contributed by atoms with Gasteiger partial charge >= 0.3 is 0 Å². The summed E-state index contributed by atoms with van der Waals surface area (Å²) in [5.41, 5.74) is 0. The van der Waals surface area contributed by atoms with Crippen LogP contribution in [-0.2, 0) is 4.74 Å². The SMILES string of the molecule is CCC1OCC2CN(C(C)C)CC21. The van der Waals surface area contributed by atoms with Crippen molar-refractivity contribution >= 4 is 0 Å². The first-order valence-corrected chi connectivity index (χ1v) is 5.58. The number of nitrogens with zero attached hydrogens (tertiary/aromatic N) is 1. The number of rotatable bonds is 2. The van der Waals surface area contributed by atoms with Gasteiger partial charge in [0.15, 0.2) is 0 Å². The van der Waals surface area contributed by atoms with Gasteiger partial charge in [-0.15, -0.1) is 0 Å². The van der Waals surface area contributed by atoms with E-state index in [1.165, 1.54) is 19.5 Å². The van der Waals surface area contributed by atoms with Crippen molar-refractivity contribution in [2.24, 2.45) is 11.8 Å². The molecule has 3 unspecified atom stereocenters. The smallest absolute Gasteiger partial charge is 0.0617 e. The highest BCUT2D eigenvalue weighted by Gasteiger charge is 2.43. The third-order valence-corrected chi connectivity index (χ3v) is 3.65. The van der Waals surface area contributed by atoms with Crippen LogP contribution < -0.4 is 0 Å². The molecule has 2 aliphatic heterocycles. The highest BCUT2D eigenvalue weighted by Crippen LogP contribution is 2.36. The lowest BCUT2D eigenvalue weighted by molar-refractivity contribution is 0.0689. The second-order valence-electron chi connectivity index (χ2n) is 4.75. The molecular weight excluding hydrogens is 162 g/mol. The molecule has 0 saturated carbocycles. The zero-order valence-corrected chi connectivity index (χ0v) is 8.99. The van der Waals surface area contributed by atoms with E-state index < -0.39 is 0 Å². The molecule has 2 aliphatic rings. The van der Waals surface area contributed by atoms with Gasteiger partial charge in [-0.25, -0.2) is 0 Å². The second-order valence-corrected chi connectivity index (χ2v) is 4.75. The van der Waals surface area contributed by atoms with Gasteiger partial charge in [0.2, 0.25) is 0 Å². The molecule has 0 amide bonds. The van der Waals surface area contributed by atoms with Gasteiger partial charge in [0.25, 0.3) is 0 Å². The van der Waals surface area contributed by atoms with E-state index in [-0.39, 0.29) is 0 Å². The molecule has 0 bridgehead atoms. The molecule has 76 valence electrons. The fourth-order valence-electron chi connectivity index (χ4n) is 2.74. The molecule has 2 saturated heterocycles. The van der Waals surface area contributed by atoms with Crippen LogP contribution in [0.15, 0.2) is 0 Å². The third-order valence-electron chi connectivity index (χ3n) is 3.65. The molecule has 2 nitrogen and oxygen atoms in total. The lowest BCUT2D eigenvalue weighted by atomic mass is 9.93. The monoisotopic (exact) mass is 183 g/mol. The molecule has 0 aromatic heterocycles. The molecule has 0 radical (unpaired) electrons. The molecule has 0 aromatic carbocycles. The Morgan fingerprint density at radius 3 is 2.77 bits per heavy atom. The minimum absolute atomic E-state index is 0.550. The van der Waals surface area contributed by atoms with Crippen molar-refractivity contribution in [2.75, 3.05) is 19.7 Å². The maximum atomic E-state index is 5.77. The average Bonchev–Trinajstić information content (AvgIpc) is 2.60. The van der Waals surface area contributed by atoms with E-state index in [0.29, 0.717) is 12.1 Å². The van der Waals surface area contributed by atoms with Crippen LogP contribution >= 0.6 is 0 Å². The molecule has 2 heterocycles. The van der Waals surface area contributed by atoms with Gasteiger partial charge in [-0.3, -0.25) is 0 Å². The van der Waals surface area contributed by atoms with Crippen LogP contribution in [0, 0.1) is 11.8 Å². The highest BCUT2D eigenvalue weighted by molar-refractivity contribution is 4.93. The van der Waals surface area contributed by atoms with Crippen molar-refractivity contribution in [2.45, 2.75) is 39.3 Å². The number of fused-ring (bicyclic) bond motifs is 1. The number of hydrogen-bond acceptors (Lipinski definition) is 2. The number of ether oxygens (including phenoxy) is 1. The molecule has 2 fully saturated rings. The van der Waals surface area contributed by atoms with E-state index in [9.17, 15) is 0 Å². The second kappa shape index (κ2) is 3.58. The van der Waals surface area contributed by atoms with Crippen LogP contribution in [0.1, 0.15) is 27.2 Å². The molecule has 3 atom stereocenters. The summed E-state index contributed by atoms with van der Waals surface area (Å²) in [6.07, 6.45) is 1.74. The fraction of sp³-hybridized carbons (Fsp3) is 1.00. The topological polar surface area (TPSA) is 12.5 Å². The predicted molar refractivity (Wildman–Crippen MR) is 53.7 cm³/mol. The summed E-state index contributed by atoms with van der Waals surface area (Å²) in [4.78, 5) is 2.60. The van der Waals surface area contributed by atoms with Crippen molar-refractivity contribution in [1.82, 2.24) is 4.90 Å². The summed E-state index contributed by atoms with van der Waals surface area (Å²) in [7, 11) is 0. The maximum Gasteiger partial charge on any atom is 0.0617 e. The standard InChI is InChI=1S/C11H21NO/c1-4-11-10-6-12(8(2)3)5-9(10)7-13-11/h8-11H,4-7H2,1-3H3. The van der Waals surface area contributed by atoms with Crippen molar-refractivity contribution in [3.05, 3.63) is 0 Å². The first-order valence-electron chi connectivity index (χ1n) is 5.58. The van der Waals surface area contributed by atoms with Crippen LogP contribution in [0.2, 0.25) is 0 Å². The summed E-state index contributed by atoms with van der Waals surface area (Å²) in [5.74, 6) is 1.65. The lowest BCUT2D eigenvalue weighted by Gasteiger charge is -2.22. The Bertz CT molecular complexity index is 181. The van der Waals surface area contributed by atoms with E-state index in [4.69, 9.17) is 4.74 Å². The minimum Gasteiger partial charge on any atom is -0.378 e. The quantitative estimate of drug-likeness (QED) is 0.646.